The summed E-state index contributed by atoms with van der Waals surface area (Å²) in [6.07, 6.45) is 2.61. The second-order valence-corrected chi connectivity index (χ2v) is 2.97. The van der Waals surface area contributed by atoms with Gasteiger partial charge in [-0.2, -0.15) is 0 Å². The summed E-state index contributed by atoms with van der Waals surface area (Å²) >= 11 is 0. The van der Waals surface area contributed by atoms with Crippen LogP contribution in [0.25, 0.3) is 0 Å². The second-order valence-electron chi connectivity index (χ2n) is 2.97. The minimum absolute atomic E-state index is 0.373. The molecule has 9 heavy (non-hydrogen) atoms. The van der Waals surface area contributed by atoms with Gasteiger partial charge in [0.1, 0.15) is 0 Å². The molecule has 0 radical (unpaired) electrons. The molecule has 1 unspecified atom stereocenters. The summed E-state index contributed by atoms with van der Waals surface area (Å²) in [6, 6.07) is 0.373. The molecule has 0 bridgehead atoms. The van der Waals surface area contributed by atoms with Crippen LogP contribution in [0, 0.1) is 5.92 Å². The van der Waals surface area contributed by atoms with E-state index in [-0.39, 0.29) is 0 Å². The number of nitrogens with one attached hydrogen (secondary N) is 1. The smallest absolute Gasteiger partial charge is 0.00508 e. The Morgan fingerprint density at radius 3 is 2.78 bits per heavy atom. The van der Waals surface area contributed by atoms with Crippen LogP contribution < -0.4 is 11.1 Å². The van der Waals surface area contributed by atoms with Gasteiger partial charge in [0, 0.05) is 6.04 Å². The molecule has 54 valence electrons. The van der Waals surface area contributed by atoms with Gasteiger partial charge in [-0.25, -0.2) is 0 Å². The Morgan fingerprint density at radius 2 is 2.44 bits per heavy atom. The van der Waals surface area contributed by atoms with Gasteiger partial charge in [0.05, 0.1) is 0 Å². The van der Waals surface area contributed by atoms with Crippen LogP contribution in [0.2, 0.25) is 0 Å². The number of rotatable bonds is 1. The molecular formula is C7H16N2. The average molecular weight is 128 g/mol. The molecule has 1 heterocycles. The maximum absolute atomic E-state index is 5.73. The van der Waals surface area contributed by atoms with E-state index in [2.05, 4.69) is 12.2 Å². The number of hydrogen-bond donors (Lipinski definition) is 2. The van der Waals surface area contributed by atoms with Crippen molar-refractivity contribution in [3.05, 3.63) is 0 Å². The molecule has 0 saturated carbocycles. The third kappa shape index (κ3) is 1.95. The number of piperidine rings is 1. The standard InChI is InChI=1S/C7H16N2/c1-6(8)7-3-2-4-9-5-7/h6-7,9H,2-5,8H2,1H3/t6-,7?/m0/s1. The van der Waals surface area contributed by atoms with Crippen molar-refractivity contribution in [1.82, 2.24) is 5.32 Å². The fourth-order valence-electron chi connectivity index (χ4n) is 1.33. The Hall–Kier alpha value is -0.0800. The fourth-order valence-corrected chi connectivity index (χ4v) is 1.33. The van der Waals surface area contributed by atoms with E-state index < -0.39 is 0 Å². The number of nitrogens with two attached hydrogens (primary N) is 1. The molecule has 2 nitrogen and oxygen atoms in total. The highest BCUT2D eigenvalue weighted by molar-refractivity contribution is 4.74. The predicted octanol–water partition coefficient (Wildman–Crippen LogP) is 0.333. The summed E-state index contributed by atoms with van der Waals surface area (Å²) in [5.74, 6) is 0.721. The Kier molecular flexibility index (Phi) is 2.49. The summed E-state index contributed by atoms with van der Waals surface area (Å²) in [5.41, 5.74) is 5.73. The lowest BCUT2D eigenvalue weighted by Crippen LogP contribution is -2.39. The zero-order chi connectivity index (χ0) is 6.69. The first-order chi connectivity index (χ1) is 4.30. The van der Waals surface area contributed by atoms with E-state index in [0.29, 0.717) is 6.04 Å². The molecule has 2 heteroatoms. The summed E-state index contributed by atoms with van der Waals surface area (Å²) in [4.78, 5) is 0. The molecular weight excluding hydrogens is 112 g/mol. The third-order valence-electron chi connectivity index (χ3n) is 2.08. The molecule has 0 aromatic heterocycles. The van der Waals surface area contributed by atoms with Gasteiger partial charge >= 0.3 is 0 Å². The highest BCUT2D eigenvalue weighted by atomic mass is 14.9. The van der Waals surface area contributed by atoms with Gasteiger partial charge in [0.2, 0.25) is 0 Å². The summed E-state index contributed by atoms with van der Waals surface area (Å²) in [6.45, 7) is 4.40. The Labute approximate surface area is 56.8 Å². The van der Waals surface area contributed by atoms with Gasteiger partial charge in [0.15, 0.2) is 0 Å². The Bertz CT molecular complexity index is 75.0. The second kappa shape index (κ2) is 3.18. The maximum atomic E-state index is 5.73. The van der Waals surface area contributed by atoms with Gasteiger partial charge in [-0.3, -0.25) is 0 Å². The lowest BCUT2D eigenvalue weighted by atomic mass is 9.94. The first kappa shape index (κ1) is 7.03. The van der Waals surface area contributed by atoms with Gasteiger partial charge in [0.25, 0.3) is 0 Å². The van der Waals surface area contributed by atoms with Gasteiger partial charge in [-0.15, -0.1) is 0 Å². The van der Waals surface area contributed by atoms with Gasteiger partial charge in [-0.1, -0.05) is 0 Å². The molecule has 0 aromatic rings. The van der Waals surface area contributed by atoms with Crippen molar-refractivity contribution >= 4 is 0 Å². The first-order valence-electron chi connectivity index (χ1n) is 3.77. The molecule has 0 aliphatic carbocycles. The van der Waals surface area contributed by atoms with Gasteiger partial charge in [-0.05, 0) is 38.8 Å². The molecule has 1 fully saturated rings. The molecule has 3 N–H and O–H groups in total. The zero-order valence-corrected chi connectivity index (χ0v) is 6.06. The largest absolute Gasteiger partial charge is 0.328 e. The highest BCUT2D eigenvalue weighted by Gasteiger charge is 2.15. The maximum Gasteiger partial charge on any atom is 0.00508 e. The third-order valence-corrected chi connectivity index (χ3v) is 2.08. The van der Waals surface area contributed by atoms with E-state index in [1.165, 1.54) is 19.4 Å². The number of hydrogen-bond acceptors (Lipinski definition) is 2. The average Bonchev–Trinajstić information content (AvgIpc) is 1.90. The van der Waals surface area contributed by atoms with E-state index in [1.54, 1.807) is 0 Å². The minimum Gasteiger partial charge on any atom is -0.328 e. The predicted molar refractivity (Wildman–Crippen MR) is 39.2 cm³/mol. The van der Waals surface area contributed by atoms with Crippen molar-refractivity contribution in [1.29, 1.82) is 0 Å². The van der Waals surface area contributed by atoms with Crippen molar-refractivity contribution in [2.24, 2.45) is 11.7 Å². The lowest BCUT2D eigenvalue weighted by Gasteiger charge is -2.25. The van der Waals surface area contributed by atoms with Crippen LogP contribution in [0.3, 0.4) is 0 Å². The highest BCUT2D eigenvalue weighted by Crippen LogP contribution is 2.11. The molecule has 1 aliphatic rings. The van der Waals surface area contributed by atoms with Crippen LogP contribution in [-0.4, -0.2) is 19.1 Å². The van der Waals surface area contributed by atoms with Gasteiger partial charge < -0.3 is 11.1 Å². The van der Waals surface area contributed by atoms with Crippen LogP contribution in [0.15, 0.2) is 0 Å². The summed E-state index contributed by atoms with van der Waals surface area (Å²) in [5, 5.41) is 3.34. The Balaban J connectivity index is 2.23. The lowest BCUT2D eigenvalue weighted by molar-refractivity contribution is 0.335. The van der Waals surface area contributed by atoms with Crippen LogP contribution in [0.1, 0.15) is 19.8 Å². The zero-order valence-electron chi connectivity index (χ0n) is 6.06. The molecule has 0 spiro atoms. The van der Waals surface area contributed by atoms with Crippen molar-refractivity contribution in [2.45, 2.75) is 25.8 Å². The van der Waals surface area contributed by atoms with Crippen LogP contribution in [0.5, 0.6) is 0 Å². The van der Waals surface area contributed by atoms with E-state index in [1.807, 2.05) is 0 Å². The first-order valence-corrected chi connectivity index (χ1v) is 3.77. The van der Waals surface area contributed by atoms with Crippen molar-refractivity contribution in [2.75, 3.05) is 13.1 Å². The summed E-state index contributed by atoms with van der Waals surface area (Å²) < 4.78 is 0. The van der Waals surface area contributed by atoms with Crippen molar-refractivity contribution < 1.29 is 0 Å². The molecule has 0 aromatic carbocycles. The van der Waals surface area contributed by atoms with Crippen LogP contribution >= 0.6 is 0 Å². The fraction of sp³-hybridized carbons (Fsp3) is 1.00. The Morgan fingerprint density at radius 1 is 1.67 bits per heavy atom. The normalized spacial score (nSPS) is 32.0. The van der Waals surface area contributed by atoms with E-state index in [9.17, 15) is 0 Å². The van der Waals surface area contributed by atoms with E-state index in [0.717, 1.165) is 12.5 Å². The van der Waals surface area contributed by atoms with E-state index >= 15 is 0 Å². The summed E-state index contributed by atoms with van der Waals surface area (Å²) in [7, 11) is 0. The molecule has 2 atom stereocenters. The monoisotopic (exact) mass is 128 g/mol. The molecule has 1 rings (SSSR count). The quantitative estimate of drug-likeness (QED) is 0.534. The topological polar surface area (TPSA) is 38.0 Å². The van der Waals surface area contributed by atoms with Crippen molar-refractivity contribution in [3.63, 3.8) is 0 Å². The molecule has 1 saturated heterocycles. The minimum atomic E-state index is 0.373. The SMILES string of the molecule is C[C@H](N)C1CCCNC1. The molecule has 1 aliphatic heterocycles. The van der Waals surface area contributed by atoms with Crippen LogP contribution in [0.4, 0.5) is 0 Å². The van der Waals surface area contributed by atoms with E-state index in [4.69, 9.17) is 5.73 Å². The van der Waals surface area contributed by atoms with Crippen LogP contribution in [-0.2, 0) is 0 Å². The van der Waals surface area contributed by atoms with Crippen molar-refractivity contribution in [3.8, 4) is 0 Å². The molecule has 0 amide bonds.